The van der Waals surface area contributed by atoms with E-state index < -0.39 is 5.54 Å². The highest BCUT2D eigenvalue weighted by atomic mass is 79.9. The molecule has 0 saturated heterocycles. The van der Waals surface area contributed by atoms with Gasteiger partial charge in [0, 0.05) is 10.9 Å². The van der Waals surface area contributed by atoms with E-state index in [0.29, 0.717) is 24.1 Å². The minimum atomic E-state index is -0.448. The third-order valence-corrected chi connectivity index (χ3v) is 5.01. The second-order valence-corrected chi connectivity index (χ2v) is 7.00. The molecule has 2 unspecified atom stereocenters. The number of nitrogens with zero attached hydrogens (tertiary/aromatic N) is 2. The Labute approximate surface area is 133 Å². The van der Waals surface area contributed by atoms with Gasteiger partial charge in [-0.2, -0.15) is 4.98 Å². The Hall–Kier alpha value is -1.20. The number of aromatic nitrogens is 2. The van der Waals surface area contributed by atoms with Gasteiger partial charge < -0.3 is 10.3 Å². The van der Waals surface area contributed by atoms with E-state index >= 15 is 0 Å². The molecule has 2 N–H and O–H groups in total. The largest absolute Gasteiger partial charge is 0.337 e. The van der Waals surface area contributed by atoms with Crippen LogP contribution in [-0.4, -0.2) is 10.1 Å². The van der Waals surface area contributed by atoms with Crippen LogP contribution in [0.25, 0.3) is 0 Å². The molecule has 5 heteroatoms. The number of hydrogen-bond acceptors (Lipinski definition) is 4. The summed E-state index contributed by atoms with van der Waals surface area (Å²) >= 11 is 3.54. The van der Waals surface area contributed by atoms with E-state index in [0.717, 1.165) is 29.3 Å². The molecule has 0 radical (unpaired) electrons. The summed E-state index contributed by atoms with van der Waals surface area (Å²) in [5.41, 5.74) is 7.20. The number of halogens is 1. The second kappa shape index (κ2) is 5.89. The molecule has 1 aromatic heterocycles. The van der Waals surface area contributed by atoms with Crippen LogP contribution >= 0.6 is 15.9 Å². The van der Waals surface area contributed by atoms with Crippen LogP contribution in [0.3, 0.4) is 0 Å². The van der Waals surface area contributed by atoms with Gasteiger partial charge >= 0.3 is 0 Å². The van der Waals surface area contributed by atoms with Crippen molar-refractivity contribution in [2.24, 2.45) is 11.7 Å². The molecule has 0 spiro atoms. The van der Waals surface area contributed by atoms with Gasteiger partial charge in [-0.25, -0.2) is 0 Å². The molecular formula is C16H20BrN3O. The highest BCUT2D eigenvalue weighted by molar-refractivity contribution is 9.10. The van der Waals surface area contributed by atoms with E-state index in [1.807, 2.05) is 18.2 Å². The van der Waals surface area contributed by atoms with Crippen molar-refractivity contribution in [3.63, 3.8) is 0 Å². The van der Waals surface area contributed by atoms with Crippen molar-refractivity contribution >= 4 is 15.9 Å². The topological polar surface area (TPSA) is 64.9 Å². The van der Waals surface area contributed by atoms with Gasteiger partial charge in [-0.1, -0.05) is 59.1 Å². The molecule has 1 saturated carbocycles. The molecule has 1 fully saturated rings. The lowest BCUT2D eigenvalue weighted by Crippen LogP contribution is -2.41. The fourth-order valence-electron chi connectivity index (χ4n) is 3.13. The van der Waals surface area contributed by atoms with Gasteiger partial charge in [0.25, 0.3) is 0 Å². The molecule has 4 nitrogen and oxygen atoms in total. The van der Waals surface area contributed by atoms with Crippen LogP contribution in [-0.2, 0) is 12.0 Å². The maximum atomic E-state index is 6.50. The molecule has 3 rings (SSSR count). The molecule has 1 aliphatic carbocycles. The van der Waals surface area contributed by atoms with Gasteiger partial charge in [-0.3, -0.25) is 0 Å². The molecule has 0 bridgehead atoms. The fourth-order valence-corrected chi connectivity index (χ4v) is 3.55. The summed E-state index contributed by atoms with van der Waals surface area (Å²) in [6, 6.07) is 8.08. The highest BCUT2D eigenvalue weighted by Gasteiger charge is 2.37. The molecule has 2 aromatic rings. The van der Waals surface area contributed by atoms with Gasteiger partial charge in [0.1, 0.15) is 0 Å². The lowest BCUT2D eigenvalue weighted by molar-refractivity contribution is 0.183. The van der Waals surface area contributed by atoms with Crippen LogP contribution in [0.1, 0.15) is 49.9 Å². The minimum absolute atomic E-state index is 0.448. The van der Waals surface area contributed by atoms with Crippen molar-refractivity contribution in [1.82, 2.24) is 10.1 Å². The van der Waals surface area contributed by atoms with Gasteiger partial charge in [0.15, 0.2) is 5.82 Å². The molecule has 21 heavy (non-hydrogen) atoms. The summed E-state index contributed by atoms with van der Waals surface area (Å²) in [5.74, 6) is 1.90. The molecule has 1 aromatic carbocycles. The van der Waals surface area contributed by atoms with Crippen LogP contribution in [0.15, 0.2) is 33.3 Å². The number of benzene rings is 1. The lowest BCUT2D eigenvalue weighted by atomic mass is 9.77. The first kappa shape index (κ1) is 14.7. The van der Waals surface area contributed by atoms with Gasteiger partial charge in [-0.05, 0) is 30.4 Å². The standard InChI is InChI=1S/C16H20BrN3O/c1-11-5-4-8-16(18,10-11)15-19-14(20-21-15)9-12-6-2-3-7-13(12)17/h2-3,6-7,11H,4-5,8-10,18H2,1H3. The van der Waals surface area contributed by atoms with E-state index in [4.69, 9.17) is 10.3 Å². The fraction of sp³-hybridized carbons (Fsp3) is 0.500. The predicted molar refractivity (Wildman–Crippen MR) is 84.7 cm³/mol. The third kappa shape index (κ3) is 3.19. The monoisotopic (exact) mass is 349 g/mol. The van der Waals surface area contributed by atoms with Crippen molar-refractivity contribution in [3.05, 3.63) is 46.0 Å². The number of nitrogens with two attached hydrogens (primary N) is 1. The van der Waals surface area contributed by atoms with E-state index in [1.54, 1.807) is 0 Å². The molecule has 1 heterocycles. The zero-order valence-corrected chi connectivity index (χ0v) is 13.8. The summed E-state index contributed by atoms with van der Waals surface area (Å²) in [4.78, 5) is 4.55. The van der Waals surface area contributed by atoms with Crippen LogP contribution in [0.4, 0.5) is 0 Å². The maximum Gasteiger partial charge on any atom is 0.246 e. The first-order valence-corrected chi connectivity index (χ1v) is 8.21. The SMILES string of the molecule is CC1CCCC(N)(c2nc(Cc3ccccc3Br)no2)C1. The van der Waals surface area contributed by atoms with Crippen LogP contribution < -0.4 is 5.73 Å². The average molecular weight is 350 g/mol. The summed E-state index contributed by atoms with van der Waals surface area (Å²) < 4.78 is 6.53. The van der Waals surface area contributed by atoms with Crippen molar-refractivity contribution < 1.29 is 4.52 Å². The zero-order valence-electron chi connectivity index (χ0n) is 12.2. The van der Waals surface area contributed by atoms with Gasteiger partial charge in [0.2, 0.25) is 5.89 Å². The Bertz CT molecular complexity index is 627. The summed E-state index contributed by atoms with van der Waals surface area (Å²) in [7, 11) is 0. The first-order chi connectivity index (χ1) is 10.1. The molecule has 2 atom stereocenters. The van der Waals surface area contributed by atoms with E-state index in [1.165, 1.54) is 6.42 Å². The molecule has 1 aliphatic rings. The Balaban J connectivity index is 1.79. The van der Waals surface area contributed by atoms with E-state index in [2.05, 4.69) is 39.1 Å². The Kier molecular flexibility index (Phi) is 4.13. The zero-order chi connectivity index (χ0) is 14.9. The van der Waals surface area contributed by atoms with Crippen LogP contribution in [0.5, 0.6) is 0 Å². The number of hydrogen-bond donors (Lipinski definition) is 1. The van der Waals surface area contributed by atoms with Crippen LogP contribution in [0.2, 0.25) is 0 Å². The summed E-state index contributed by atoms with van der Waals surface area (Å²) in [6.07, 6.45) is 4.85. The van der Waals surface area contributed by atoms with Crippen molar-refractivity contribution in [2.75, 3.05) is 0 Å². The van der Waals surface area contributed by atoms with Crippen LogP contribution in [0, 0.1) is 5.92 Å². The predicted octanol–water partition coefficient (Wildman–Crippen LogP) is 3.79. The summed E-state index contributed by atoms with van der Waals surface area (Å²) in [5, 5.41) is 4.11. The number of rotatable bonds is 3. The molecular weight excluding hydrogens is 330 g/mol. The minimum Gasteiger partial charge on any atom is -0.337 e. The van der Waals surface area contributed by atoms with Crippen molar-refractivity contribution in [2.45, 2.75) is 44.6 Å². The third-order valence-electron chi connectivity index (χ3n) is 4.23. The quantitative estimate of drug-likeness (QED) is 0.915. The van der Waals surface area contributed by atoms with Crippen molar-refractivity contribution in [3.8, 4) is 0 Å². The Morgan fingerprint density at radius 2 is 2.24 bits per heavy atom. The summed E-state index contributed by atoms with van der Waals surface area (Å²) in [6.45, 7) is 2.24. The average Bonchev–Trinajstić information content (AvgIpc) is 2.91. The molecule has 0 aliphatic heterocycles. The van der Waals surface area contributed by atoms with Crippen molar-refractivity contribution in [1.29, 1.82) is 0 Å². The smallest absolute Gasteiger partial charge is 0.246 e. The molecule has 0 amide bonds. The Morgan fingerprint density at radius 3 is 3.00 bits per heavy atom. The Morgan fingerprint density at radius 1 is 1.43 bits per heavy atom. The highest BCUT2D eigenvalue weighted by Crippen LogP contribution is 2.37. The van der Waals surface area contributed by atoms with Gasteiger partial charge in [0.05, 0.1) is 5.54 Å². The van der Waals surface area contributed by atoms with Gasteiger partial charge in [-0.15, -0.1) is 0 Å². The second-order valence-electron chi connectivity index (χ2n) is 6.14. The maximum absolute atomic E-state index is 6.50. The lowest BCUT2D eigenvalue weighted by Gasteiger charge is -2.33. The normalized spacial score (nSPS) is 26.0. The molecule has 112 valence electrons. The van der Waals surface area contributed by atoms with E-state index in [9.17, 15) is 0 Å². The van der Waals surface area contributed by atoms with E-state index in [-0.39, 0.29) is 0 Å². The first-order valence-electron chi connectivity index (χ1n) is 7.42.